The van der Waals surface area contributed by atoms with Gasteiger partial charge in [-0.1, -0.05) is 12.5 Å². The summed E-state index contributed by atoms with van der Waals surface area (Å²) in [5, 5.41) is 19.8. The summed E-state index contributed by atoms with van der Waals surface area (Å²) in [5.41, 5.74) is 0.966. The Morgan fingerprint density at radius 3 is 2.67 bits per heavy atom. The molecule has 2 saturated carbocycles. The van der Waals surface area contributed by atoms with Crippen molar-refractivity contribution in [1.29, 1.82) is 0 Å². The lowest BCUT2D eigenvalue weighted by Crippen LogP contribution is -2.47. The van der Waals surface area contributed by atoms with Crippen molar-refractivity contribution in [2.75, 3.05) is 13.2 Å². The molecule has 0 bridgehead atoms. The standard InChI is InChI=1S/C22H34N4O3.HI/c1-3-23-22(24-14-15-8-11-19(27)20(12-15)29-4-2)26-18-7-5-6-16(13-18)21(28)25-17-9-10-17;/h8,11-12,16-18,27H,3-7,9-10,13-14H2,1-2H3,(H,25,28)(H2,23,24,26);1H. The van der Waals surface area contributed by atoms with Crippen LogP contribution in [0.3, 0.4) is 0 Å². The third-order valence-electron chi connectivity index (χ3n) is 5.40. The van der Waals surface area contributed by atoms with Gasteiger partial charge in [-0.2, -0.15) is 0 Å². The number of amides is 1. The summed E-state index contributed by atoms with van der Waals surface area (Å²) >= 11 is 0. The number of phenolic OH excluding ortho intramolecular Hbond substituents is 1. The molecular formula is C22H35IN4O3. The van der Waals surface area contributed by atoms with E-state index < -0.39 is 0 Å². The maximum absolute atomic E-state index is 12.4. The van der Waals surface area contributed by atoms with Crippen molar-refractivity contribution in [2.45, 2.75) is 71.0 Å². The number of aliphatic imine (C=N–C) groups is 1. The number of carbonyl (C=O) groups is 1. The van der Waals surface area contributed by atoms with Crippen molar-refractivity contribution >= 4 is 35.8 Å². The Morgan fingerprint density at radius 1 is 1.17 bits per heavy atom. The number of aromatic hydroxyl groups is 1. The zero-order valence-electron chi connectivity index (χ0n) is 17.9. The molecular weight excluding hydrogens is 495 g/mol. The molecule has 2 unspecified atom stereocenters. The molecule has 8 heteroatoms. The van der Waals surface area contributed by atoms with Gasteiger partial charge >= 0.3 is 0 Å². The molecule has 2 fully saturated rings. The highest BCUT2D eigenvalue weighted by molar-refractivity contribution is 14.0. The van der Waals surface area contributed by atoms with E-state index in [0.29, 0.717) is 24.9 Å². The summed E-state index contributed by atoms with van der Waals surface area (Å²) in [6.07, 6.45) is 6.16. The molecule has 0 spiro atoms. The number of benzene rings is 1. The molecule has 2 atom stereocenters. The minimum Gasteiger partial charge on any atom is -0.504 e. The summed E-state index contributed by atoms with van der Waals surface area (Å²) in [5.74, 6) is 1.69. The third-order valence-corrected chi connectivity index (χ3v) is 5.40. The maximum Gasteiger partial charge on any atom is 0.223 e. The second-order valence-electron chi connectivity index (χ2n) is 7.92. The summed E-state index contributed by atoms with van der Waals surface area (Å²) in [6.45, 7) is 5.68. The van der Waals surface area contributed by atoms with E-state index in [9.17, 15) is 9.90 Å². The highest BCUT2D eigenvalue weighted by Crippen LogP contribution is 2.28. The van der Waals surface area contributed by atoms with Gasteiger partial charge < -0.3 is 25.8 Å². The largest absolute Gasteiger partial charge is 0.504 e. The second kappa shape index (κ2) is 12.2. The average molecular weight is 530 g/mol. The van der Waals surface area contributed by atoms with E-state index in [4.69, 9.17) is 9.73 Å². The van der Waals surface area contributed by atoms with Gasteiger partial charge in [0.15, 0.2) is 17.5 Å². The van der Waals surface area contributed by atoms with Crippen LogP contribution in [0.5, 0.6) is 11.5 Å². The molecule has 3 rings (SSSR count). The number of ether oxygens (including phenoxy) is 1. The van der Waals surface area contributed by atoms with Crippen LogP contribution < -0.4 is 20.7 Å². The van der Waals surface area contributed by atoms with E-state index >= 15 is 0 Å². The van der Waals surface area contributed by atoms with Crippen molar-refractivity contribution in [3.63, 3.8) is 0 Å². The van der Waals surface area contributed by atoms with E-state index in [1.54, 1.807) is 6.07 Å². The highest BCUT2D eigenvalue weighted by Gasteiger charge is 2.31. The fourth-order valence-electron chi connectivity index (χ4n) is 3.72. The minimum absolute atomic E-state index is 0. The van der Waals surface area contributed by atoms with Crippen LogP contribution in [0.4, 0.5) is 0 Å². The Labute approximate surface area is 196 Å². The highest BCUT2D eigenvalue weighted by atomic mass is 127. The van der Waals surface area contributed by atoms with Gasteiger partial charge in [0.1, 0.15) is 0 Å². The van der Waals surface area contributed by atoms with Gasteiger partial charge in [0.2, 0.25) is 5.91 Å². The zero-order chi connectivity index (χ0) is 20.6. The quantitative estimate of drug-likeness (QED) is 0.235. The molecule has 2 aliphatic rings. The Kier molecular flexibility index (Phi) is 10.0. The molecule has 0 heterocycles. The lowest BCUT2D eigenvalue weighted by molar-refractivity contribution is -0.126. The topological polar surface area (TPSA) is 95.0 Å². The summed E-state index contributed by atoms with van der Waals surface area (Å²) in [6, 6.07) is 5.98. The van der Waals surface area contributed by atoms with E-state index in [-0.39, 0.29) is 47.6 Å². The monoisotopic (exact) mass is 530 g/mol. The fourth-order valence-corrected chi connectivity index (χ4v) is 3.72. The molecule has 1 aromatic carbocycles. The molecule has 1 aromatic rings. The van der Waals surface area contributed by atoms with Crippen LogP contribution in [0.2, 0.25) is 0 Å². The molecule has 0 radical (unpaired) electrons. The van der Waals surface area contributed by atoms with Crippen molar-refractivity contribution in [3.05, 3.63) is 23.8 Å². The number of hydrogen-bond donors (Lipinski definition) is 4. The first-order chi connectivity index (χ1) is 14.1. The van der Waals surface area contributed by atoms with Crippen LogP contribution >= 0.6 is 24.0 Å². The first-order valence-corrected chi connectivity index (χ1v) is 10.9. The van der Waals surface area contributed by atoms with Gasteiger partial charge in [-0.25, -0.2) is 4.99 Å². The summed E-state index contributed by atoms with van der Waals surface area (Å²) < 4.78 is 5.45. The van der Waals surface area contributed by atoms with Crippen LogP contribution in [0.1, 0.15) is 57.9 Å². The average Bonchev–Trinajstić information content (AvgIpc) is 3.53. The number of nitrogens with one attached hydrogen (secondary N) is 3. The predicted molar refractivity (Wildman–Crippen MR) is 130 cm³/mol. The van der Waals surface area contributed by atoms with Crippen molar-refractivity contribution in [1.82, 2.24) is 16.0 Å². The van der Waals surface area contributed by atoms with Crippen LogP contribution in [0, 0.1) is 5.92 Å². The normalized spacial score (nSPS) is 21.3. The van der Waals surface area contributed by atoms with E-state index in [0.717, 1.165) is 56.6 Å². The van der Waals surface area contributed by atoms with Gasteiger partial charge in [-0.15, -0.1) is 24.0 Å². The first-order valence-electron chi connectivity index (χ1n) is 10.9. The van der Waals surface area contributed by atoms with Crippen LogP contribution in [0.25, 0.3) is 0 Å². The SMILES string of the molecule is CCNC(=NCc1ccc(O)c(OCC)c1)NC1CCCC(C(=O)NC2CC2)C1.I. The minimum atomic E-state index is 0. The van der Waals surface area contributed by atoms with Gasteiger partial charge in [-0.3, -0.25) is 4.79 Å². The molecule has 168 valence electrons. The lowest BCUT2D eigenvalue weighted by atomic mass is 9.85. The van der Waals surface area contributed by atoms with Gasteiger partial charge in [0, 0.05) is 24.5 Å². The number of hydrogen-bond acceptors (Lipinski definition) is 4. The molecule has 0 aliphatic heterocycles. The smallest absolute Gasteiger partial charge is 0.223 e. The molecule has 1 amide bonds. The maximum atomic E-state index is 12.4. The van der Waals surface area contributed by atoms with Gasteiger partial charge in [0.25, 0.3) is 0 Å². The number of rotatable bonds is 8. The number of guanidine groups is 1. The van der Waals surface area contributed by atoms with Crippen LogP contribution in [-0.2, 0) is 11.3 Å². The third kappa shape index (κ3) is 7.52. The Morgan fingerprint density at radius 2 is 1.97 bits per heavy atom. The van der Waals surface area contributed by atoms with E-state index in [2.05, 4.69) is 16.0 Å². The molecule has 4 N–H and O–H groups in total. The van der Waals surface area contributed by atoms with Crippen molar-refractivity contribution in [2.24, 2.45) is 10.9 Å². The lowest BCUT2D eigenvalue weighted by Gasteiger charge is -2.30. The molecule has 2 aliphatic carbocycles. The molecule has 0 aromatic heterocycles. The number of halogens is 1. The molecule has 30 heavy (non-hydrogen) atoms. The zero-order valence-corrected chi connectivity index (χ0v) is 20.3. The van der Waals surface area contributed by atoms with Gasteiger partial charge in [-0.05, 0) is 63.6 Å². The Bertz CT molecular complexity index is 724. The Balaban J connectivity index is 0.00000320. The number of carbonyl (C=O) groups excluding carboxylic acids is 1. The van der Waals surface area contributed by atoms with Crippen LogP contribution in [-0.4, -0.2) is 42.2 Å². The molecule has 7 nitrogen and oxygen atoms in total. The summed E-state index contributed by atoms with van der Waals surface area (Å²) in [4.78, 5) is 17.1. The predicted octanol–water partition coefficient (Wildman–Crippen LogP) is 3.30. The summed E-state index contributed by atoms with van der Waals surface area (Å²) in [7, 11) is 0. The van der Waals surface area contributed by atoms with Crippen molar-refractivity contribution < 1.29 is 14.6 Å². The fraction of sp³-hybridized carbons (Fsp3) is 0.636. The first kappa shape index (κ1) is 24.6. The van der Waals surface area contributed by atoms with E-state index in [1.807, 2.05) is 26.0 Å². The number of nitrogens with zero attached hydrogens (tertiary/aromatic N) is 1. The van der Waals surface area contributed by atoms with Crippen molar-refractivity contribution in [3.8, 4) is 11.5 Å². The Hall–Kier alpha value is -1.71. The number of phenols is 1. The van der Waals surface area contributed by atoms with Gasteiger partial charge in [0.05, 0.1) is 13.2 Å². The molecule has 0 saturated heterocycles. The second-order valence-corrected chi connectivity index (χ2v) is 7.92. The van der Waals surface area contributed by atoms with E-state index in [1.165, 1.54) is 0 Å². The van der Waals surface area contributed by atoms with Crippen LogP contribution in [0.15, 0.2) is 23.2 Å².